The van der Waals surface area contributed by atoms with Crippen LogP contribution < -0.4 is 9.62 Å². The Labute approximate surface area is 152 Å². The van der Waals surface area contributed by atoms with Gasteiger partial charge in [0.15, 0.2) is 0 Å². The number of nitrogens with zero attached hydrogens (tertiary/aromatic N) is 2. The number of amides is 1. The van der Waals surface area contributed by atoms with Gasteiger partial charge in [0.05, 0.1) is 10.6 Å². The molecule has 2 aromatic carbocycles. The van der Waals surface area contributed by atoms with Gasteiger partial charge in [-0.2, -0.15) is 0 Å². The zero-order valence-electron chi connectivity index (χ0n) is 14.0. The summed E-state index contributed by atoms with van der Waals surface area (Å²) in [5, 5.41) is 2.66. The number of nitrogens with one attached hydrogen (secondary N) is 1. The molecule has 0 radical (unpaired) electrons. The fraction of sp³-hybridized carbons (Fsp3) is 0.0526. The third-order valence-electron chi connectivity index (χ3n) is 3.80. The minimum absolute atomic E-state index is 0.109. The van der Waals surface area contributed by atoms with Crippen LogP contribution >= 0.6 is 0 Å². The van der Waals surface area contributed by atoms with Gasteiger partial charge in [-0.25, -0.2) is 13.4 Å². The molecule has 1 heterocycles. The van der Waals surface area contributed by atoms with Crippen molar-refractivity contribution in [1.82, 2.24) is 4.98 Å². The normalized spacial score (nSPS) is 11.0. The minimum Gasteiger partial charge on any atom is -0.307 e. The van der Waals surface area contributed by atoms with Crippen molar-refractivity contribution in [1.29, 1.82) is 0 Å². The molecule has 0 atom stereocenters. The van der Waals surface area contributed by atoms with Crippen LogP contribution in [0.1, 0.15) is 10.4 Å². The van der Waals surface area contributed by atoms with Crippen LogP contribution in [0.25, 0.3) is 0 Å². The Hall–Kier alpha value is -3.19. The van der Waals surface area contributed by atoms with Crippen LogP contribution in [0.15, 0.2) is 83.9 Å². The highest BCUT2D eigenvalue weighted by molar-refractivity contribution is 7.92. The first kappa shape index (κ1) is 17.6. The number of carbonyl (C=O) groups is 1. The quantitative estimate of drug-likeness (QED) is 0.751. The lowest BCUT2D eigenvalue weighted by atomic mass is 10.2. The molecule has 6 nitrogen and oxygen atoms in total. The third-order valence-corrected chi connectivity index (χ3v) is 5.60. The Balaban J connectivity index is 1.79. The van der Waals surface area contributed by atoms with E-state index in [0.29, 0.717) is 17.1 Å². The molecule has 0 saturated carbocycles. The van der Waals surface area contributed by atoms with Crippen molar-refractivity contribution in [3.05, 3.63) is 84.6 Å². The molecule has 0 aliphatic rings. The number of rotatable bonds is 5. The lowest BCUT2D eigenvalue weighted by Gasteiger charge is -2.19. The number of anilines is 2. The topological polar surface area (TPSA) is 79.4 Å². The van der Waals surface area contributed by atoms with E-state index in [4.69, 9.17) is 0 Å². The maximum atomic E-state index is 12.7. The molecule has 0 aliphatic carbocycles. The zero-order valence-corrected chi connectivity index (χ0v) is 14.8. The zero-order chi connectivity index (χ0) is 18.6. The maximum Gasteiger partial charge on any atom is 0.264 e. The third kappa shape index (κ3) is 3.73. The molecule has 0 saturated heterocycles. The van der Waals surface area contributed by atoms with Gasteiger partial charge in [-0.3, -0.25) is 9.10 Å². The number of para-hydroxylation sites is 1. The van der Waals surface area contributed by atoms with Gasteiger partial charge in [-0.15, -0.1) is 0 Å². The van der Waals surface area contributed by atoms with Gasteiger partial charge in [-0.05, 0) is 48.5 Å². The number of benzene rings is 2. The molecular formula is C19H17N3O3S. The number of pyridine rings is 1. The maximum absolute atomic E-state index is 12.7. The van der Waals surface area contributed by atoms with Gasteiger partial charge < -0.3 is 5.32 Å². The molecule has 0 aliphatic heterocycles. The second-order valence-corrected chi connectivity index (χ2v) is 7.47. The Morgan fingerprint density at radius 1 is 0.923 bits per heavy atom. The minimum atomic E-state index is -3.70. The summed E-state index contributed by atoms with van der Waals surface area (Å²) >= 11 is 0. The van der Waals surface area contributed by atoms with Crippen molar-refractivity contribution in [2.75, 3.05) is 16.7 Å². The van der Waals surface area contributed by atoms with Gasteiger partial charge >= 0.3 is 0 Å². The van der Waals surface area contributed by atoms with Crippen LogP contribution in [0.5, 0.6) is 0 Å². The molecule has 1 amide bonds. The fourth-order valence-electron chi connectivity index (χ4n) is 2.34. The molecule has 0 spiro atoms. The molecule has 26 heavy (non-hydrogen) atoms. The highest BCUT2D eigenvalue weighted by atomic mass is 32.2. The van der Waals surface area contributed by atoms with E-state index < -0.39 is 10.0 Å². The van der Waals surface area contributed by atoms with Crippen LogP contribution in [-0.4, -0.2) is 26.4 Å². The predicted molar refractivity (Wildman–Crippen MR) is 101 cm³/mol. The Bertz CT molecular complexity index is 989. The van der Waals surface area contributed by atoms with E-state index >= 15 is 0 Å². The van der Waals surface area contributed by atoms with E-state index in [2.05, 4.69) is 10.3 Å². The highest BCUT2D eigenvalue weighted by Crippen LogP contribution is 2.22. The van der Waals surface area contributed by atoms with Crippen LogP contribution in [0.4, 0.5) is 11.5 Å². The lowest BCUT2D eigenvalue weighted by molar-refractivity contribution is 0.102. The molecular weight excluding hydrogens is 350 g/mol. The average Bonchev–Trinajstić information content (AvgIpc) is 2.69. The van der Waals surface area contributed by atoms with Crippen molar-refractivity contribution < 1.29 is 13.2 Å². The molecule has 7 heteroatoms. The van der Waals surface area contributed by atoms with Crippen LogP contribution in [0.2, 0.25) is 0 Å². The summed E-state index contributed by atoms with van der Waals surface area (Å²) in [6.07, 6.45) is 1.57. The monoisotopic (exact) mass is 367 g/mol. The predicted octanol–water partition coefficient (Wildman–Crippen LogP) is 3.16. The van der Waals surface area contributed by atoms with Crippen molar-refractivity contribution in [2.24, 2.45) is 0 Å². The fourth-order valence-corrected chi connectivity index (χ4v) is 3.53. The largest absolute Gasteiger partial charge is 0.307 e. The number of carbonyl (C=O) groups excluding carboxylic acids is 1. The van der Waals surface area contributed by atoms with Crippen LogP contribution in [0, 0.1) is 0 Å². The molecule has 1 aromatic heterocycles. The van der Waals surface area contributed by atoms with E-state index in [-0.39, 0.29) is 10.8 Å². The van der Waals surface area contributed by atoms with Crippen molar-refractivity contribution >= 4 is 27.4 Å². The number of aromatic nitrogens is 1. The molecule has 3 rings (SSSR count). The smallest absolute Gasteiger partial charge is 0.264 e. The molecule has 0 fully saturated rings. The van der Waals surface area contributed by atoms with Gasteiger partial charge in [-0.1, -0.05) is 24.3 Å². The first-order valence-electron chi connectivity index (χ1n) is 7.85. The van der Waals surface area contributed by atoms with Crippen molar-refractivity contribution in [2.45, 2.75) is 4.90 Å². The van der Waals surface area contributed by atoms with E-state index in [9.17, 15) is 13.2 Å². The van der Waals surface area contributed by atoms with E-state index in [1.54, 1.807) is 48.7 Å². The van der Waals surface area contributed by atoms with Crippen LogP contribution in [-0.2, 0) is 10.0 Å². The first-order chi connectivity index (χ1) is 12.5. The van der Waals surface area contributed by atoms with E-state index in [1.807, 2.05) is 6.07 Å². The number of hydrogen-bond donors (Lipinski definition) is 1. The first-order valence-corrected chi connectivity index (χ1v) is 9.29. The highest BCUT2D eigenvalue weighted by Gasteiger charge is 2.21. The molecule has 0 bridgehead atoms. The summed E-state index contributed by atoms with van der Waals surface area (Å²) in [7, 11) is -2.21. The second kappa shape index (κ2) is 7.37. The number of sulfonamides is 1. The molecule has 132 valence electrons. The van der Waals surface area contributed by atoms with Gasteiger partial charge in [0, 0.05) is 18.8 Å². The summed E-state index contributed by atoms with van der Waals surface area (Å²) in [4.78, 5) is 16.4. The second-order valence-electron chi connectivity index (χ2n) is 5.50. The summed E-state index contributed by atoms with van der Waals surface area (Å²) in [5.74, 6) is 0.0714. The van der Waals surface area contributed by atoms with E-state index in [1.165, 1.54) is 35.6 Å². The van der Waals surface area contributed by atoms with Gasteiger partial charge in [0.1, 0.15) is 5.82 Å². The molecule has 1 N–H and O–H groups in total. The Kier molecular flexibility index (Phi) is 4.99. The lowest BCUT2D eigenvalue weighted by Crippen LogP contribution is -2.26. The van der Waals surface area contributed by atoms with Crippen molar-refractivity contribution in [3.8, 4) is 0 Å². The Morgan fingerprint density at radius 3 is 2.19 bits per heavy atom. The van der Waals surface area contributed by atoms with Gasteiger partial charge in [0.2, 0.25) is 0 Å². The molecule has 0 unspecified atom stereocenters. The summed E-state index contributed by atoms with van der Waals surface area (Å²) in [5.41, 5.74) is 0.904. The summed E-state index contributed by atoms with van der Waals surface area (Å²) in [6, 6.07) is 19.8. The average molecular weight is 367 g/mol. The van der Waals surface area contributed by atoms with Gasteiger partial charge in [0.25, 0.3) is 15.9 Å². The SMILES string of the molecule is CN(c1ccccc1)S(=O)(=O)c1ccc(C(=O)Nc2ccccn2)cc1. The standard InChI is InChI=1S/C19H17N3O3S/c1-22(16-7-3-2-4-8-16)26(24,25)17-12-10-15(11-13-17)19(23)21-18-9-5-6-14-20-18/h2-14H,1H3,(H,20,21,23). The Morgan fingerprint density at radius 2 is 1.58 bits per heavy atom. The number of hydrogen-bond acceptors (Lipinski definition) is 4. The van der Waals surface area contributed by atoms with Crippen LogP contribution in [0.3, 0.4) is 0 Å². The van der Waals surface area contributed by atoms with Crippen molar-refractivity contribution in [3.63, 3.8) is 0 Å². The summed E-state index contributed by atoms with van der Waals surface area (Å²) in [6.45, 7) is 0. The molecule has 3 aromatic rings. The van der Waals surface area contributed by atoms with E-state index in [0.717, 1.165) is 0 Å². The summed E-state index contributed by atoms with van der Waals surface area (Å²) < 4.78 is 26.6.